The highest BCUT2D eigenvalue weighted by Gasteiger charge is 2.23. The summed E-state index contributed by atoms with van der Waals surface area (Å²) in [6.45, 7) is 1.92. The third-order valence-electron chi connectivity index (χ3n) is 3.12. The van der Waals surface area contributed by atoms with E-state index in [-0.39, 0.29) is 11.6 Å². The van der Waals surface area contributed by atoms with Crippen molar-refractivity contribution in [3.8, 4) is 10.6 Å². The summed E-state index contributed by atoms with van der Waals surface area (Å²) in [5, 5.41) is 0.622. The summed E-state index contributed by atoms with van der Waals surface area (Å²) in [7, 11) is 0. The fraction of sp³-hybridized carbons (Fsp3) is 0.286. The van der Waals surface area contributed by atoms with Crippen LogP contribution >= 0.6 is 11.3 Å². The number of ketones is 1. The van der Waals surface area contributed by atoms with Crippen LogP contribution in [0.2, 0.25) is 0 Å². The van der Waals surface area contributed by atoms with Crippen LogP contribution in [-0.2, 0) is 6.42 Å². The lowest BCUT2D eigenvalue weighted by Gasteiger charge is -2.06. The second kappa shape index (κ2) is 4.28. The zero-order valence-corrected chi connectivity index (χ0v) is 10.8. The first-order valence-electron chi connectivity index (χ1n) is 5.94. The Balaban J connectivity index is 2.13. The molecule has 4 heteroatoms. The van der Waals surface area contributed by atoms with Crippen molar-refractivity contribution in [1.29, 1.82) is 0 Å². The van der Waals surface area contributed by atoms with Gasteiger partial charge in [-0.25, -0.2) is 9.37 Å². The SMILES string of the molecule is Cc1ccc(F)c(-c2nc3c(s2)CCCC3=O)c1. The predicted molar refractivity (Wildman–Crippen MR) is 69.5 cm³/mol. The fourth-order valence-corrected chi connectivity index (χ4v) is 3.32. The number of nitrogens with zero attached hydrogens (tertiary/aromatic N) is 1. The van der Waals surface area contributed by atoms with Gasteiger partial charge in [-0.2, -0.15) is 0 Å². The first kappa shape index (κ1) is 11.5. The predicted octanol–water partition coefficient (Wildman–Crippen LogP) is 3.78. The zero-order chi connectivity index (χ0) is 12.7. The van der Waals surface area contributed by atoms with E-state index in [0.717, 1.165) is 23.3 Å². The van der Waals surface area contributed by atoms with Crippen LogP contribution in [-0.4, -0.2) is 10.8 Å². The minimum atomic E-state index is -0.279. The molecule has 92 valence electrons. The number of fused-ring (bicyclic) bond motifs is 1. The highest BCUT2D eigenvalue weighted by atomic mass is 32.1. The number of Topliss-reactive ketones (excluding diaryl/α,β-unsaturated/α-hetero) is 1. The lowest BCUT2D eigenvalue weighted by molar-refractivity contribution is 0.0968. The lowest BCUT2D eigenvalue weighted by atomic mass is 10.0. The van der Waals surface area contributed by atoms with Crippen LogP contribution in [0.3, 0.4) is 0 Å². The van der Waals surface area contributed by atoms with Crippen molar-refractivity contribution in [3.63, 3.8) is 0 Å². The molecule has 1 aromatic heterocycles. The lowest BCUT2D eigenvalue weighted by Crippen LogP contribution is -2.08. The van der Waals surface area contributed by atoms with Gasteiger partial charge in [0.2, 0.25) is 0 Å². The Morgan fingerprint density at radius 3 is 2.94 bits per heavy atom. The molecule has 0 bridgehead atoms. The van der Waals surface area contributed by atoms with E-state index in [1.165, 1.54) is 17.4 Å². The molecule has 1 aromatic carbocycles. The molecule has 0 radical (unpaired) electrons. The van der Waals surface area contributed by atoms with E-state index < -0.39 is 0 Å². The highest BCUT2D eigenvalue weighted by molar-refractivity contribution is 7.15. The molecule has 18 heavy (non-hydrogen) atoms. The fourth-order valence-electron chi connectivity index (χ4n) is 2.19. The summed E-state index contributed by atoms with van der Waals surface area (Å²) in [6.07, 6.45) is 2.32. The first-order valence-corrected chi connectivity index (χ1v) is 6.76. The zero-order valence-electron chi connectivity index (χ0n) is 10.00. The van der Waals surface area contributed by atoms with Gasteiger partial charge in [0.1, 0.15) is 16.5 Å². The standard InChI is InChI=1S/C14H12FNOS/c1-8-5-6-10(15)9(7-8)14-16-13-11(17)3-2-4-12(13)18-14/h5-7H,2-4H2,1H3. The quantitative estimate of drug-likeness (QED) is 0.782. The molecule has 2 nitrogen and oxygen atoms in total. The average Bonchev–Trinajstić information content (AvgIpc) is 2.77. The molecule has 0 atom stereocenters. The first-order chi connectivity index (χ1) is 8.65. The van der Waals surface area contributed by atoms with Crippen molar-refractivity contribution in [1.82, 2.24) is 4.98 Å². The number of hydrogen-bond donors (Lipinski definition) is 0. The molecular formula is C14H12FNOS. The van der Waals surface area contributed by atoms with Crippen molar-refractivity contribution >= 4 is 17.1 Å². The van der Waals surface area contributed by atoms with Gasteiger partial charge in [-0.15, -0.1) is 11.3 Å². The molecule has 1 aliphatic rings. The number of aromatic nitrogens is 1. The number of benzene rings is 1. The van der Waals surface area contributed by atoms with E-state index in [9.17, 15) is 9.18 Å². The van der Waals surface area contributed by atoms with E-state index in [0.29, 0.717) is 22.7 Å². The molecule has 1 aliphatic carbocycles. The maximum Gasteiger partial charge on any atom is 0.182 e. The van der Waals surface area contributed by atoms with Crippen molar-refractivity contribution in [2.24, 2.45) is 0 Å². The van der Waals surface area contributed by atoms with Crippen molar-refractivity contribution in [3.05, 3.63) is 40.2 Å². The third kappa shape index (κ3) is 1.86. The Bertz CT molecular complexity index is 633. The van der Waals surface area contributed by atoms with Crippen LogP contribution < -0.4 is 0 Å². The normalized spacial score (nSPS) is 14.7. The van der Waals surface area contributed by atoms with E-state index >= 15 is 0 Å². The van der Waals surface area contributed by atoms with Crippen molar-refractivity contribution < 1.29 is 9.18 Å². The summed E-state index contributed by atoms with van der Waals surface area (Å²) in [5.41, 5.74) is 2.05. The maximum absolute atomic E-state index is 13.8. The summed E-state index contributed by atoms with van der Waals surface area (Å²) in [6, 6.07) is 4.97. The summed E-state index contributed by atoms with van der Waals surface area (Å²) in [5.74, 6) is -0.189. The van der Waals surface area contributed by atoms with Crippen LogP contribution in [0.25, 0.3) is 10.6 Å². The van der Waals surface area contributed by atoms with E-state index in [4.69, 9.17) is 0 Å². The number of carbonyl (C=O) groups is 1. The number of hydrogen-bond acceptors (Lipinski definition) is 3. The summed E-state index contributed by atoms with van der Waals surface area (Å²) < 4.78 is 13.8. The van der Waals surface area contributed by atoms with Crippen LogP contribution in [0.15, 0.2) is 18.2 Å². The van der Waals surface area contributed by atoms with E-state index in [1.54, 1.807) is 12.1 Å². The van der Waals surface area contributed by atoms with E-state index in [2.05, 4.69) is 4.98 Å². The third-order valence-corrected chi connectivity index (χ3v) is 4.27. The Hall–Kier alpha value is -1.55. The topological polar surface area (TPSA) is 30.0 Å². The molecule has 0 fully saturated rings. The molecule has 0 saturated heterocycles. The van der Waals surface area contributed by atoms with Crippen molar-refractivity contribution in [2.75, 3.05) is 0 Å². The van der Waals surface area contributed by atoms with Gasteiger partial charge in [0.25, 0.3) is 0 Å². The van der Waals surface area contributed by atoms with Gasteiger partial charge in [-0.05, 0) is 31.9 Å². The Kier molecular flexibility index (Phi) is 2.74. The highest BCUT2D eigenvalue weighted by Crippen LogP contribution is 2.34. The Morgan fingerprint density at radius 2 is 2.17 bits per heavy atom. The van der Waals surface area contributed by atoms with Gasteiger partial charge in [0, 0.05) is 16.9 Å². The van der Waals surface area contributed by atoms with Gasteiger partial charge in [-0.3, -0.25) is 4.79 Å². The average molecular weight is 261 g/mol. The van der Waals surface area contributed by atoms with Gasteiger partial charge >= 0.3 is 0 Å². The monoisotopic (exact) mass is 261 g/mol. The van der Waals surface area contributed by atoms with Gasteiger partial charge in [0.15, 0.2) is 5.78 Å². The van der Waals surface area contributed by atoms with Crippen molar-refractivity contribution in [2.45, 2.75) is 26.2 Å². The second-order valence-electron chi connectivity index (χ2n) is 4.55. The number of carbonyl (C=O) groups excluding carboxylic acids is 1. The molecule has 2 aromatic rings. The second-order valence-corrected chi connectivity index (χ2v) is 5.63. The Morgan fingerprint density at radius 1 is 1.33 bits per heavy atom. The molecular weight excluding hydrogens is 249 g/mol. The maximum atomic E-state index is 13.8. The molecule has 0 aliphatic heterocycles. The molecule has 0 amide bonds. The minimum Gasteiger partial charge on any atom is -0.292 e. The smallest absolute Gasteiger partial charge is 0.182 e. The van der Waals surface area contributed by atoms with E-state index in [1.807, 2.05) is 6.92 Å². The van der Waals surface area contributed by atoms with Gasteiger partial charge in [-0.1, -0.05) is 11.6 Å². The molecule has 0 unspecified atom stereocenters. The largest absolute Gasteiger partial charge is 0.292 e. The molecule has 0 saturated carbocycles. The molecule has 3 rings (SSSR count). The summed E-state index contributed by atoms with van der Waals surface area (Å²) >= 11 is 1.44. The van der Waals surface area contributed by atoms with Crippen LogP contribution in [0, 0.1) is 12.7 Å². The summed E-state index contributed by atoms with van der Waals surface area (Å²) in [4.78, 5) is 17.1. The Labute approximate surface area is 108 Å². The molecule has 0 spiro atoms. The number of rotatable bonds is 1. The number of thiazole rings is 1. The van der Waals surface area contributed by atoms with Gasteiger partial charge < -0.3 is 0 Å². The van der Waals surface area contributed by atoms with Crippen LogP contribution in [0.1, 0.15) is 33.8 Å². The number of aryl methyl sites for hydroxylation is 2. The number of halogens is 1. The minimum absolute atomic E-state index is 0.0896. The van der Waals surface area contributed by atoms with Gasteiger partial charge in [0.05, 0.1) is 0 Å². The van der Waals surface area contributed by atoms with Crippen LogP contribution in [0.4, 0.5) is 4.39 Å². The van der Waals surface area contributed by atoms with Crippen LogP contribution in [0.5, 0.6) is 0 Å². The molecule has 1 heterocycles. The molecule has 0 N–H and O–H groups in total.